The van der Waals surface area contributed by atoms with Crippen molar-refractivity contribution in [2.24, 2.45) is 0 Å². The number of amides is 1. The molecule has 120 valence electrons. The summed E-state index contributed by atoms with van der Waals surface area (Å²) in [6.45, 7) is 1.28. The van der Waals surface area contributed by atoms with E-state index in [0.29, 0.717) is 30.6 Å². The third-order valence-electron chi connectivity index (χ3n) is 4.08. The standard InChI is InChI=1S/C18H15N3O3/c22-17(16-13-6-2-3-7-14(13)19-18(23)20-16)21-9-10-24-15-8-4-1-5-12(15)11-21/h1-8H,9-11H2,(H,19,20,23). The molecule has 6 nitrogen and oxygen atoms in total. The smallest absolute Gasteiger partial charge is 0.346 e. The SMILES string of the molecule is O=C(c1nc(=O)[nH]c2ccccc12)N1CCOc2ccccc2C1. The summed E-state index contributed by atoms with van der Waals surface area (Å²) in [6, 6.07) is 14.8. The highest BCUT2D eigenvalue weighted by atomic mass is 16.5. The summed E-state index contributed by atoms with van der Waals surface area (Å²) in [5, 5.41) is 0.639. The van der Waals surface area contributed by atoms with Crippen LogP contribution < -0.4 is 10.4 Å². The Morgan fingerprint density at radius 3 is 2.83 bits per heavy atom. The topological polar surface area (TPSA) is 75.3 Å². The van der Waals surface area contributed by atoms with Crippen molar-refractivity contribution in [3.63, 3.8) is 0 Å². The Labute approximate surface area is 137 Å². The summed E-state index contributed by atoms with van der Waals surface area (Å²) in [6.07, 6.45) is 0. The van der Waals surface area contributed by atoms with Crippen LogP contribution in [-0.2, 0) is 6.54 Å². The molecule has 1 aliphatic heterocycles. The van der Waals surface area contributed by atoms with E-state index in [0.717, 1.165) is 11.3 Å². The van der Waals surface area contributed by atoms with Crippen LogP contribution in [0.25, 0.3) is 10.9 Å². The Kier molecular flexibility index (Phi) is 3.49. The van der Waals surface area contributed by atoms with E-state index >= 15 is 0 Å². The Hall–Kier alpha value is -3.15. The minimum atomic E-state index is -0.525. The van der Waals surface area contributed by atoms with Gasteiger partial charge in [-0.1, -0.05) is 36.4 Å². The molecule has 1 amide bonds. The van der Waals surface area contributed by atoms with Crippen molar-refractivity contribution in [1.29, 1.82) is 0 Å². The number of ether oxygens (including phenoxy) is 1. The Morgan fingerprint density at radius 1 is 1.12 bits per heavy atom. The average molecular weight is 321 g/mol. The van der Waals surface area contributed by atoms with Gasteiger partial charge in [0, 0.05) is 17.5 Å². The van der Waals surface area contributed by atoms with Gasteiger partial charge in [0.15, 0.2) is 0 Å². The number of fused-ring (bicyclic) bond motifs is 2. The Morgan fingerprint density at radius 2 is 1.92 bits per heavy atom. The van der Waals surface area contributed by atoms with Gasteiger partial charge in [0.2, 0.25) is 0 Å². The van der Waals surface area contributed by atoms with Gasteiger partial charge in [0.05, 0.1) is 12.1 Å². The summed E-state index contributed by atoms with van der Waals surface area (Å²) < 4.78 is 5.69. The first-order valence-corrected chi connectivity index (χ1v) is 7.71. The zero-order chi connectivity index (χ0) is 16.5. The molecule has 2 aromatic carbocycles. The molecule has 24 heavy (non-hydrogen) atoms. The zero-order valence-electron chi connectivity index (χ0n) is 12.9. The third kappa shape index (κ3) is 2.52. The summed E-state index contributed by atoms with van der Waals surface area (Å²) >= 11 is 0. The summed E-state index contributed by atoms with van der Waals surface area (Å²) in [7, 11) is 0. The van der Waals surface area contributed by atoms with Crippen molar-refractivity contribution >= 4 is 16.8 Å². The maximum atomic E-state index is 13.0. The Balaban J connectivity index is 1.76. The monoisotopic (exact) mass is 321 g/mol. The normalized spacial score (nSPS) is 13.9. The van der Waals surface area contributed by atoms with Crippen molar-refractivity contribution in [2.75, 3.05) is 13.2 Å². The molecule has 0 bridgehead atoms. The molecule has 0 atom stereocenters. The van der Waals surface area contributed by atoms with Crippen molar-refractivity contribution in [2.45, 2.75) is 6.54 Å². The highest BCUT2D eigenvalue weighted by molar-refractivity contribution is 6.04. The van der Waals surface area contributed by atoms with Gasteiger partial charge in [-0.05, 0) is 12.1 Å². The number of benzene rings is 2. The van der Waals surface area contributed by atoms with Crippen molar-refractivity contribution in [3.05, 3.63) is 70.3 Å². The number of H-pyrrole nitrogens is 1. The second-order valence-corrected chi connectivity index (χ2v) is 5.62. The van der Waals surface area contributed by atoms with E-state index in [2.05, 4.69) is 9.97 Å². The fourth-order valence-corrected chi connectivity index (χ4v) is 2.92. The maximum absolute atomic E-state index is 13.0. The van der Waals surface area contributed by atoms with Gasteiger partial charge in [-0.3, -0.25) is 4.79 Å². The number of hydrogen-bond donors (Lipinski definition) is 1. The lowest BCUT2D eigenvalue weighted by Crippen LogP contribution is -2.34. The van der Waals surface area contributed by atoms with E-state index in [-0.39, 0.29) is 11.6 Å². The number of para-hydroxylation sites is 2. The van der Waals surface area contributed by atoms with E-state index in [1.807, 2.05) is 36.4 Å². The minimum Gasteiger partial charge on any atom is -0.491 e. The number of nitrogens with one attached hydrogen (secondary N) is 1. The molecule has 0 saturated carbocycles. The summed E-state index contributed by atoms with van der Waals surface area (Å²) in [4.78, 5) is 33.0. The van der Waals surface area contributed by atoms with E-state index in [9.17, 15) is 9.59 Å². The van der Waals surface area contributed by atoms with Crippen molar-refractivity contribution in [3.8, 4) is 5.75 Å². The molecular formula is C18H15N3O3. The largest absolute Gasteiger partial charge is 0.491 e. The van der Waals surface area contributed by atoms with Gasteiger partial charge in [0.1, 0.15) is 18.1 Å². The average Bonchev–Trinajstić information content (AvgIpc) is 2.82. The van der Waals surface area contributed by atoms with Crippen molar-refractivity contribution < 1.29 is 9.53 Å². The fourth-order valence-electron chi connectivity index (χ4n) is 2.92. The fraction of sp³-hybridized carbons (Fsp3) is 0.167. The van der Waals surface area contributed by atoms with Gasteiger partial charge < -0.3 is 14.6 Å². The van der Waals surface area contributed by atoms with Crippen LogP contribution in [0, 0.1) is 0 Å². The number of hydrogen-bond acceptors (Lipinski definition) is 4. The van der Waals surface area contributed by atoms with Crippen LogP contribution >= 0.6 is 0 Å². The first-order valence-electron chi connectivity index (χ1n) is 7.71. The zero-order valence-corrected chi connectivity index (χ0v) is 12.9. The number of rotatable bonds is 1. The van der Waals surface area contributed by atoms with Crippen LogP contribution in [0.5, 0.6) is 5.75 Å². The summed E-state index contributed by atoms with van der Waals surface area (Å²) in [5.74, 6) is 0.522. The van der Waals surface area contributed by atoms with Crippen LogP contribution in [0.2, 0.25) is 0 Å². The van der Waals surface area contributed by atoms with E-state index in [1.165, 1.54) is 0 Å². The third-order valence-corrected chi connectivity index (χ3v) is 4.08. The molecule has 1 N–H and O–H groups in total. The second kappa shape index (κ2) is 5.81. The lowest BCUT2D eigenvalue weighted by Gasteiger charge is -2.19. The number of carbonyl (C=O) groups excluding carboxylic acids is 1. The molecule has 1 aliphatic rings. The minimum absolute atomic E-state index is 0.175. The number of nitrogens with zero attached hydrogens (tertiary/aromatic N) is 2. The first kappa shape index (κ1) is 14.4. The lowest BCUT2D eigenvalue weighted by atomic mass is 10.1. The van der Waals surface area contributed by atoms with E-state index in [4.69, 9.17) is 4.74 Å². The molecule has 3 aromatic rings. The predicted molar refractivity (Wildman–Crippen MR) is 89.0 cm³/mol. The highest BCUT2D eigenvalue weighted by Gasteiger charge is 2.23. The van der Waals surface area contributed by atoms with E-state index in [1.54, 1.807) is 17.0 Å². The predicted octanol–water partition coefficient (Wildman–Crippen LogP) is 1.96. The van der Waals surface area contributed by atoms with Crippen LogP contribution in [0.15, 0.2) is 53.3 Å². The van der Waals surface area contributed by atoms with Gasteiger partial charge in [-0.15, -0.1) is 0 Å². The summed E-state index contributed by atoms with van der Waals surface area (Å²) in [5.41, 5.74) is 1.20. The molecule has 6 heteroatoms. The quantitative estimate of drug-likeness (QED) is 0.743. The lowest BCUT2D eigenvalue weighted by molar-refractivity contribution is 0.0729. The van der Waals surface area contributed by atoms with Gasteiger partial charge in [0.25, 0.3) is 5.91 Å². The van der Waals surface area contributed by atoms with Gasteiger partial charge in [-0.2, -0.15) is 4.98 Å². The molecule has 2 heterocycles. The number of carbonyl (C=O) groups is 1. The second-order valence-electron chi connectivity index (χ2n) is 5.62. The van der Waals surface area contributed by atoms with Crippen molar-refractivity contribution in [1.82, 2.24) is 14.9 Å². The van der Waals surface area contributed by atoms with Crippen LogP contribution in [0.3, 0.4) is 0 Å². The molecular weight excluding hydrogens is 306 g/mol. The molecule has 1 aromatic heterocycles. The van der Waals surface area contributed by atoms with Crippen LogP contribution in [0.4, 0.5) is 0 Å². The molecule has 0 aliphatic carbocycles. The molecule has 4 rings (SSSR count). The highest BCUT2D eigenvalue weighted by Crippen LogP contribution is 2.24. The van der Waals surface area contributed by atoms with Crippen LogP contribution in [0.1, 0.15) is 16.1 Å². The van der Waals surface area contributed by atoms with E-state index < -0.39 is 5.69 Å². The van der Waals surface area contributed by atoms with Gasteiger partial charge in [-0.25, -0.2) is 4.79 Å². The molecule has 0 fully saturated rings. The molecule has 0 saturated heterocycles. The number of aromatic nitrogens is 2. The maximum Gasteiger partial charge on any atom is 0.346 e. The van der Waals surface area contributed by atoms with Gasteiger partial charge >= 0.3 is 5.69 Å². The molecule has 0 unspecified atom stereocenters. The Bertz CT molecular complexity index is 980. The first-order chi connectivity index (χ1) is 11.7. The molecule has 0 radical (unpaired) electrons. The molecule has 0 spiro atoms. The van der Waals surface area contributed by atoms with Crippen LogP contribution in [-0.4, -0.2) is 33.9 Å². The number of aromatic amines is 1.